The van der Waals surface area contributed by atoms with Crippen molar-refractivity contribution >= 4 is 27.3 Å². The maximum atomic E-state index is 12.0. The number of benzene rings is 3. The predicted octanol–water partition coefficient (Wildman–Crippen LogP) is 6.27. The number of carbonyl (C=O) groups excluding carboxylic acids is 1. The van der Waals surface area contributed by atoms with Gasteiger partial charge in [-0.3, -0.25) is 4.79 Å². The van der Waals surface area contributed by atoms with Crippen LogP contribution in [0.3, 0.4) is 0 Å². The first-order valence-corrected chi connectivity index (χ1v) is 9.17. The van der Waals surface area contributed by atoms with Gasteiger partial charge in [0.05, 0.1) is 10.2 Å². The molecule has 0 N–H and O–H groups in total. The number of nitrogens with zero attached hydrogens (tertiary/aromatic N) is 1. The molecule has 3 nitrogen and oxygen atoms in total. The smallest absolute Gasteiger partial charge is 0.159 e. The van der Waals surface area contributed by atoms with E-state index in [2.05, 4.69) is 6.07 Å². The number of fused-ring (bicyclic) bond motifs is 1. The Kier molecular flexibility index (Phi) is 4.27. The summed E-state index contributed by atoms with van der Waals surface area (Å²) in [6.45, 7) is 3.60. The van der Waals surface area contributed by atoms with Crippen LogP contribution in [-0.2, 0) is 0 Å². The molecule has 128 valence electrons. The average molecular weight is 359 g/mol. The van der Waals surface area contributed by atoms with E-state index in [9.17, 15) is 4.79 Å². The van der Waals surface area contributed by atoms with E-state index < -0.39 is 0 Å². The molecule has 0 aliphatic carbocycles. The summed E-state index contributed by atoms with van der Waals surface area (Å²) in [6, 6.07) is 21.5. The Hall–Kier alpha value is -2.98. The van der Waals surface area contributed by atoms with Crippen LogP contribution in [0.1, 0.15) is 22.8 Å². The number of ether oxygens (including phenoxy) is 1. The summed E-state index contributed by atoms with van der Waals surface area (Å²) in [5, 5.41) is 0.878. The first kappa shape index (κ1) is 16.5. The number of aryl methyl sites for hydroxylation is 1. The highest BCUT2D eigenvalue weighted by molar-refractivity contribution is 7.21. The van der Waals surface area contributed by atoms with Gasteiger partial charge < -0.3 is 4.74 Å². The molecule has 0 aliphatic heterocycles. The van der Waals surface area contributed by atoms with Gasteiger partial charge in [-0.2, -0.15) is 0 Å². The molecule has 0 unspecified atom stereocenters. The van der Waals surface area contributed by atoms with Crippen molar-refractivity contribution in [3.05, 3.63) is 77.9 Å². The van der Waals surface area contributed by atoms with E-state index in [0.29, 0.717) is 11.3 Å². The first-order valence-electron chi connectivity index (χ1n) is 8.35. The van der Waals surface area contributed by atoms with Gasteiger partial charge in [-0.15, -0.1) is 11.3 Å². The van der Waals surface area contributed by atoms with Crippen LogP contribution in [0, 0.1) is 6.92 Å². The summed E-state index contributed by atoms with van der Waals surface area (Å²) in [4.78, 5) is 16.7. The van der Waals surface area contributed by atoms with Crippen LogP contribution in [0.25, 0.3) is 20.8 Å². The highest BCUT2D eigenvalue weighted by atomic mass is 32.1. The average Bonchev–Trinajstić information content (AvgIpc) is 3.08. The van der Waals surface area contributed by atoms with E-state index >= 15 is 0 Å². The fraction of sp³-hybridized carbons (Fsp3) is 0.0909. The van der Waals surface area contributed by atoms with Gasteiger partial charge in [-0.1, -0.05) is 29.8 Å². The van der Waals surface area contributed by atoms with Crippen LogP contribution in [0.5, 0.6) is 11.5 Å². The number of para-hydroxylation sites is 1. The Morgan fingerprint density at radius 3 is 2.46 bits per heavy atom. The third-order valence-corrected chi connectivity index (χ3v) is 5.20. The topological polar surface area (TPSA) is 39.2 Å². The summed E-state index contributed by atoms with van der Waals surface area (Å²) >= 11 is 1.61. The molecule has 0 amide bonds. The minimum absolute atomic E-state index is 0.00159. The highest BCUT2D eigenvalue weighted by Crippen LogP contribution is 2.34. The third kappa shape index (κ3) is 3.37. The van der Waals surface area contributed by atoms with Crippen molar-refractivity contribution in [3.63, 3.8) is 0 Å². The number of rotatable bonds is 4. The molecule has 4 heteroatoms. The second-order valence-corrected chi connectivity index (χ2v) is 7.23. The number of hydrogen-bond acceptors (Lipinski definition) is 4. The SMILES string of the molecule is CC(=O)c1cc(Oc2ccc(C)cc2)cc(-c2nc3ccccc3s2)c1. The molecule has 0 saturated heterocycles. The molecular formula is C22H17NO2S. The number of carbonyl (C=O) groups is 1. The Morgan fingerprint density at radius 1 is 0.962 bits per heavy atom. The van der Waals surface area contributed by atoms with Crippen molar-refractivity contribution in [2.24, 2.45) is 0 Å². The van der Waals surface area contributed by atoms with Gasteiger partial charge in [0.1, 0.15) is 16.5 Å². The van der Waals surface area contributed by atoms with Gasteiger partial charge in [0, 0.05) is 11.1 Å². The molecule has 3 aromatic carbocycles. The Labute approximate surface area is 155 Å². The van der Waals surface area contributed by atoms with Crippen molar-refractivity contribution in [3.8, 4) is 22.1 Å². The van der Waals surface area contributed by atoms with Gasteiger partial charge in [0.25, 0.3) is 0 Å². The minimum atomic E-state index is 0.00159. The summed E-state index contributed by atoms with van der Waals surface area (Å²) in [5.41, 5.74) is 3.64. The highest BCUT2D eigenvalue weighted by Gasteiger charge is 2.12. The molecular weight excluding hydrogens is 342 g/mol. The normalized spacial score (nSPS) is 10.8. The number of Topliss-reactive ketones (excluding diaryl/α,β-unsaturated/α-hetero) is 1. The molecule has 1 aromatic heterocycles. The zero-order valence-corrected chi connectivity index (χ0v) is 15.3. The molecule has 26 heavy (non-hydrogen) atoms. The summed E-state index contributed by atoms with van der Waals surface area (Å²) in [7, 11) is 0. The molecule has 4 rings (SSSR count). The molecule has 0 fully saturated rings. The lowest BCUT2D eigenvalue weighted by Gasteiger charge is -2.09. The minimum Gasteiger partial charge on any atom is -0.457 e. The van der Waals surface area contributed by atoms with E-state index in [4.69, 9.17) is 9.72 Å². The molecule has 0 atom stereocenters. The van der Waals surface area contributed by atoms with Gasteiger partial charge in [-0.05, 0) is 56.3 Å². The van der Waals surface area contributed by atoms with Crippen LogP contribution in [0.2, 0.25) is 0 Å². The molecule has 0 spiro atoms. The molecule has 0 radical (unpaired) electrons. The van der Waals surface area contributed by atoms with Crippen LogP contribution in [0.4, 0.5) is 0 Å². The zero-order chi connectivity index (χ0) is 18.1. The fourth-order valence-electron chi connectivity index (χ4n) is 2.72. The van der Waals surface area contributed by atoms with Gasteiger partial charge in [0.2, 0.25) is 0 Å². The van der Waals surface area contributed by atoms with Gasteiger partial charge in [0.15, 0.2) is 5.78 Å². The Morgan fingerprint density at radius 2 is 1.73 bits per heavy atom. The monoisotopic (exact) mass is 359 g/mol. The van der Waals surface area contributed by atoms with E-state index in [1.807, 2.05) is 61.5 Å². The van der Waals surface area contributed by atoms with Crippen LogP contribution in [0.15, 0.2) is 66.7 Å². The molecule has 0 saturated carbocycles. The van der Waals surface area contributed by atoms with Crippen molar-refractivity contribution in [1.29, 1.82) is 0 Å². The summed E-state index contributed by atoms with van der Waals surface area (Å²) in [6.07, 6.45) is 0. The van der Waals surface area contributed by atoms with Crippen LogP contribution < -0.4 is 4.74 Å². The van der Waals surface area contributed by atoms with Crippen molar-refractivity contribution < 1.29 is 9.53 Å². The maximum absolute atomic E-state index is 12.0. The lowest BCUT2D eigenvalue weighted by molar-refractivity contribution is 0.101. The van der Waals surface area contributed by atoms with Crippen LogP contribution in [-0.4, -0.2) is 10.8 Å². The number of hydrogen-bond donors (Lipinski definition) is 0. The number of ketones is 1. The van der Waals surface area contributed by atoms with E-state index in [1.54, 1.807) is 24.3 Å². The van der Waals surface area contributed by atoms with Gasteiger partial charge >= 0.3 is 0 Å². The summed E-state index contributed by atoms with van der Waals surface area (Å²) < 4.78 is 7.11. The van der Waals surface area contributed by atoms with Gasteiger partial charge in [-0.25, -0.2) is 4.98 Å². The van der Waals surface area contributed by atoms with E-state index in [1.165, 1.54) is 5.56 Å². The summed E-state index contributed by atoms with van der Waals surface area (Å²) in [5.74, 6) is 1.38. The third-order valence-electron chi connectivity index (χ3n) is 4.11. The maximum Gasteiger partial charge on any atom is 0.159 e. The zero-order valence-electron chi connectivity index (χ0n) is 14.5. The quantitative estimate of drug-likeness (QED) is 0.403. The standard InChI is InChI=1S/C22H17NO2S/c1-14-7-9-18(10-8-14)25-19-12-16(15(2)24)11-17(13-19)22-23-20-5-3-4-6-21(20)26-22/h3-13H,1-2H3. The Bertz CT molecular complexity index is 1060. The Balaban J connectivity index is 1.77. The largest absolute Gasteiger partial charge is 0.457 e. The van der Waals surface area contributed by atoms with Crippen molar-refractivity contribution in [2.45, 2.75) is 13.8 Å². The predicted molar refractivity (Wildman–Crippen MR) is 106 cm³/mol. The van der Waals surface area contributed by atoms with Crippen molar-refractivity contribution in [1.82, 2.24) is 4.98 Å². The van der Waals surface area contributed by atoms with Crippen LogP contribution >= 0.6 is 11.3 Å². The molecule has 1 heterocycles. The second kappa shape index (κ2) is 6.73. The number of thiazole rings is 1. The molecule has 0 bridgehead atoms. The first-order chi connectivity index (χ1) is 12.6. The second-order valence-electron chi connectivity index (χ2n) is 6.20. The molecule has 0 aliphatic rings. The lowest BCUT2D eigenvalue weighted by atomic mass is 10.1. The van der Waals surface area contributed by atoms with E-state index in [0.717, 1.165) is 26.5 Å². The lowest BCUT2D eigenvalue weighted by Crippen LogP contribution is -1.95. The van der Waals surface area contributed by atoms with Crippen molar-refractivity contribution in [2.75, 3.05) is 0 Å². The van der Waals surface area contributed by atoms with E-state index in [-0.39, 0.29) is 5.78 Å². The fourth-order valence-corrected chi connectivity index (χ4v) is 3.68. The number of aromatic nitrogens is 1. The molecule has 4 aromatic rings.